The predicted octanol–water partition coefficient (Wildman–Crippen LogP) is 2.70. The summed E-state index contributed by atoms with van der Waals surface area (Å²) < 4.78 is 7.01. The Balaban J connectivity index is 1.80. The molecule has 1 amide bonds. The van der Waals surface area contributed by atoms with Crippen molar-refractivity contribution < 1.29 is 14.3 Å². The number of hydrogen-bond acceptors (Lipinski definition) is 5. The molecule has 2 aromatic rings. The Morgan fingerprint density at radius 2 is 2.12 bits per heavy atom. The zero-order valence-corrected chi connectivity index (χ0v) is 16.1. The smallest absolute Gasteiger partial charge is 0.325 e. The van der Waals surface area contributed by atoms with Crippen molar-refractivity contribution in [3.63, 3.8) is 0 Å². The highest BCUT2D eigenvalue weighted by atomic mass is 32.2. The van der Waals surface area contributed by atoms with Crippen LogP contribution in [0.2, 0.25) is 0 Å². The normalized spacial score (nSPS) is 13.8. The molecule has 1 fully saturated rings. The highest BCUT2D eigenvalue weighted by molar-refractivity contribution is 7.97. The lowest BCUT2D eigenvalue weighted by Gasteiger charge is -2.22. The number of carbonyl (C=O) groups excluding carboxylic acids is 2. The van der Waals surface area contributed by atoms with E-state index in [2.05, 4.69) is 4.98 Å². The second kappa shape index (κ2) is 8.58. The molecule has 0 spiro atoms. The molecule has 1 aromatic carbocycles. The molecule has 6 nitrogen and oxygen atoms in total. The van der Waals surface area contributed by atoms with Crippen molar-refractivity contribution in [2.24, 2.45) is 5.92 Å². The maximum absolute atomic E-state index is 13.0. The first-order valence-electron chi connectivity index (χ1n) is 8.98. The van der Waals surface area contributed by atoms with Gasteiger partial charge >= 0.3 is 5.97 Å². The maximum Gasteiger partial charge on any atom is 0.325 e. The Labute approximate surface area is 157 Å². The first kappa shape index (κ1) is 18.8. The Hall–Kier alpha value is -2.02. The quantitative estimate of drug-likeness (QED) is 0.631. The number of amides is 1. The van der Waals surface area contributed by atoms with Crippen LogP contribution in [0.5, 0.6) is 0 Å². The van der Waals surface area contributed by atoms with Gasteiger partial charge in [0.25, 0.3) is 0 Å². The van der Waals surface area contributed by atoms with Crippen molar-refractivity contribution >= 4 is 34.7 Å². The van der Waals surface area contributed by atoms with E-state index in [0.29, 0.717) is 19.1 Å². The second-order valence-electron chi connectivity index (χ2n) is 6.56. The zero-order chi connectivity index (χ0) is 18.5. The van der Waals surface area contributed by atoms with Gasteiger partial charge in [-0.3, -0.25) is 9.59 Å². The number of ether oxygens (including phenoxy) is 1. The molecule has 0 aliphatic heterocycles. The number of aromatic nitrogens is 2. The van der Waals surface area contributed by atoms with Gasteiger partial charge in [0.2, 0.25) is 5.91 Å². The number of hydrogen-bond donors (Lipinski definition) is 0. The molecule has 1 aromatic heterocycles. The fraction of sp³-hybridized carbons (Fsp3) is 0.526. The minimum Gasteiger partial charge on any atom is -0.465 e. The van der Waals surface area contributed by atoms with Crippen LogP contribution in [0.3, 0.4) is 0 Å². The number of esters is 1. The minimum atomic E-state index is -0.346. The summed E-state index contributed by atoms with van der Waals surface area (Å²) in [5, 5.41) is 0. The molecule has 26 heavy (non-hydrogen) atoms. The third-order valence-corrected chi connectivity index (χ3v) is 5.00. The van der Waals surface area contributed by atoms with Crippen LogP contribution in [0.1, 0.15) is 25.6 Å². The average Bonchev–Trinajstić information content (AvgIpc) is 3.37. The molecule has 1 saturated carbocycles. The molecule has 0 radical (unpaired) electrons. The molecule has 3 rings (SSSR count). The topological polar surface area (TPSA) is 64.4 Å². The highest BCUT2D eigenvalue weighted by Gasteiger charge is 2.29. The van der Waals surface area contributed by atoms with Crippen LogP contribution in [0.15, 0.2) is 24.3 Å². The van der Waals surface area contributed by atoms with Crippen LogP contribution in [0.4, 0.5) is 0 Å². The fourth-order valence-corrected chi connectivity index (χ4v) is 3.48. The number of rotatable bonds is 9. The Morgan fingerprint density at radius 1 is 1.35 bits per heavy atom. The third kappa shape index (κ3) is 4.58. The predicted molar refractivity (Wildman–Crippen MR) is 103 cm³/mol. The average molecular weight is 375 g/mol. The van der Waals surface area contributed by atoms with Gasteiger partial charge in [0.15, 0.2) is 0 Å². The van der Waals surface area contributed by atoms with E-state index < -0.39 is 0 Å². The standard InChI is InChI=1S/C19H25N3O3S/c1-3-25-19(24)12-21(10-14-8-9-14)18(23)11-22-16-7-5-4-6-15(16)20-17(22)13-26-2/h4-7,14H,3,8-13H2,1-2H3. The maximum atomic E-state index is 13.0. The lowest BCUT2D eigenvalue weighted by molar-refractivity contribution is -0.149. The first-order chi connectivity index (χ1) is 12.6. The number of carbonyl (C=O) groups is 2. The van der Waals surface area contributed by atoms with Crippen LogP contribution >= 0.6 is 11.8 Å². The highest BCUT2D eigenvalue weighted by Crippen LogP contribution is 2.30. The SMILES string of the molecule is CCOC(=O)CN(CC1CC1)C(=O)Cn1c(CSC)nc2ccccc21. The number of benzene rings is 1. The fourth-order valence-electron chi connectivity index (χ4n) is 3.01. The van der Waals surface area contributed by atoms with Crippen LogP contribution in [-0.4, -0.2) is 52.3 Å². The minimum absolute atomic E-state index is 0.0215. The Kier molecular flexibility index (Phi) is 6.19. The van der Waals surface area contributed by atoms with E-state index in [4.69, 9.17) is 4.74 Å². The number of nitrogens with zero attached hydrogens (tertiary/aromatic N) is 3. The molecule has 0 saturated heterocycles. The van der Waals surface area contributed by atoms with Crippen molar-refractivity contribution in [1.29, 1.82) is 0 Å². The summed E-state index contributed by atoms with van der Waals surface area (Å²) in [7, 11) is 0. The van der Waals surface area contributed by atoms with Crippen LogP contribution in [-0.2, 0) is 26.6 Å². The van der Waals surface area contributed by atoms with Crippen LogP contribution in [0.25, 0.3) is 11.0 Å². The van der Waals surface area contributed by atoms with E-state index in [1.807, 2.05) is 35.1 Å². The summed E-state index contributed by atoms with van der Waals surface area (Å²) in [4.78, 5) is 31.2. The number of para-hydroxylation sites is 2. The lowest BCUT2D eigenvalue weighted by atomic mass is 10.3. The van der Waals surface area contributed by atoms with E-state index in [1.54, 1.807) is 23.6 Å². The molecular formula is C19H25N3O3S. The van der Waals surface area contributed by atoms with Gasteiger partial charge in [0.1, 0.15) is 18.9 Å². The van der Waals surface area contributed by atoms with Gasteiger partial charge in [0.05, 0.1) is 23.4 Å². The summed E-state index contributed by atoms with van der Waals surface area (Å²) >= 11 is 1.68. The van der Waals surface area contributed by atoms with Gasteiger partial charge in [-0.1, -0.05) is 12.1 Å². The summed E-state index contributed by atoms with van der Waals surface area (Å²) in [5.41, 5.74) is 1.84. The zero-order valence-electron chi connectivity index (χ0n) is 15.3. The number of fused-ring (bicyclic) bond motifs is 1. The number of thioether (sulfide) groups is 1. The molecule has 1 aliphatic carbocycles. The molecule has 0 N–H and O–H groups in total. The Morgan fingerprint density at radius 3 is 2.81 bits per heavy atom. The van der Waals surface area contributed by atoms with Gasteiger partial charge in [-0.05, 0) is 44.1 Å². The third-order valence-electron chi connectivity index (χ3n) is 4.45. The first-order valence-corrected chi connectivity index (χ1v) is 10.4. The molecule has 0 atom stereocenters. The molecule has 7 heteroatoms. The molecule has 0 unspecified atom stereocenters. The summed E-state index contributed by atoms with van der Waals surface area (Å²) in [6, 6.07) is 7.84. The molecule has 1 aliphatic rings. The summed E-state index contributed by atoms with van der Waals surface area (Å²) in [6.07, 6.45) is 4.27. The van der Waals surface area contributed by atoms with Crippen molar-refractivity contribution in [2.45, 2.75) is 32.1 Å². The lowest BCUT2D eigenvalue weighted by Crippen LogP contribution is -2.40. The molecule has 0 bridgehead atoms. The van der Waals surface area contributed by atoms with Crippen molar-refractivity contribution in [1.82, 2.24) is 14.5 Å². The Bertz CT molecular complexity index is 785. The van der Waals surface area contributed by atoms with E-state index in [9.17, 15) is 9.59 Å². The van der Waals surface area contributed by atoms with E-state index in [-0.39, 0.29) is 25.0 Å². The monoisotopic (exact) mass is 375 g/mol. The van der Waals surface area contributed by atoms with E-state index >= 15 is 0 Å². The second-order valence-corrected chi connectivity index (χ2v) is 7.42. The van der Waals surface area contributed by atoms with Crippen molar-refractivity contribution in [3.05, 3.63) is 30.1 Å². The van der Waals surface area contributed by atoms with Crippen LogP contribution < -0.4 is 0 Å². The molecule has 1 heterocycles. The van der Waals surface area contributed by atoms with E-state index in [0.717, 1.165) is 35.5 Å². The van der Waals surface area contributed by atoms with Crippen molar-refractivity contribution in [3.8, 4) is 0 Å². The molecule has 140 valence electrons. The van der Waals surface area contributed by atoms with Gasteiger partial charge < -0.3 is 14.2 Å². The largest absolute Gasteiger partial charge is 0.465 e. The number of imidazole rings is 1. The van der Waals surface area contributed by atoms with E-state index in [1.165, 1.54) is 0 Å². The van der Waals surface area contributed by atoms with Gasteiger partial charge in [-0.25, -0.2) is 4.98 Å². The summed E-state index contributed by atoms with van der Waals surface area (Å²) in [5.74, 6) is 1.73. The van der Waals surface area contributed by atoms with Gasteiger partial charge in [-0.15, -0.1) is 0 Å². The van der Waals surface area contributed by atoms with Crippen molar-refractivity contribution in [2.75, 3.05) is 26.0 Å². The van der Waals surface area contributed by atoms with Gasteiger partial charge in [0, 0.05) is 6.54 Å². The van der Waals surface area contributed by atoms with Gasteiger partial charge in [-0.2, -0.15) is 11.8 Å². The summed E-state index contributed by atoms with van der Waals surface area (Å²) in [6.45, 7) is 2.95. The molecular weight excluding hydrogens is 350 g/mol. The van der Waals surface area contributed by atoms with Crippen LogP contribution in [0, 0.1) is 5.92 Å².